The summed E-state index contributed by atoms with van der Waals surface area (Å²) in [4.78, 5) is 12.8. The number of carboxylic acids is 1. The standard InChI is InChI=1S/C22H27ClN2O3/c23-19-5-1-17(2-6-19)15-18-3-7-20(8-4-18)24-21-9-11-25(12-10-21)13-14-28-16-22(26)27/h1-8,21,24H,9-16H2,(H,26,27). The molecule has 0 unspecified atom stereocenters. The molecule has 0 saturated carbocycles. The summed E-state index contributed by atoms with van der Waals surface area (Å²) in [6.45, 7) is 3.05. The van der Waals surface area contributed by atoms with Crippen molar-refractivity contribution in [2.24, 2.45) is 0 Å². The van der Waals surface area contributed by atoms with Crippen LogP contribution in [0, 0.1) is 0 Å². The summed E-state index contributed by atoms with van der Waals surface area (Å²) in [7, 11) is 0. The third-order valence-corrected chi connectivity index (χ3v) is 5.26. The van der Waals surface area contributed by atoms with Crippen molar-refractivity contribution in [2.45, 2.75) is 25.3 Å². The molecule has 1 heterocycles. The van der Waals surface area contributed by atoms with Gasteiger partial charge in [0.15, 0.2) is 0 Å². The van der Waals surface area contributed by atoms with Crippen LogP contribution in [0.15, 0.2) is 48.5 Å². The Morgan fingerprint density at radius 1 is 1.07 bits per heavy atom. The molecule has 0 aromatic heterocycles. The molecule has 1 saturated heterocycles. The molecule has 3 rings (SSSR count). The zero-order chi connectivity index (χ0) is 19.8. The number of hydrogen-bond donors (Lipinski definition) is 2. The molecule has 1 aliphatic heterocycles. The number of carboxylic acid groups (broad SMARTS) is 1. The lowest BCUT2D eigenvalue weighted by molar-refractivity contribution is -0.142. The SMILES string of the molecule is O=C(O)COCCN1CCC(Nc2ccc(Cc3ccc(Cl)cc3)cc2)CC1. The maximum atomic E-state index is 10.4. The molecular weight excluding hydrogens is 376 g/mol. The number of nitrogens with zero attached hydrogens (tertiary/aromatic N) is 1. The minimum Gasteiger partial charge on any atom is -0.480 e. The lowest BCUT2D eigenvalue weighted by Gasteiger charge is -2.32. The van der Waals surface area contributed by atoms with E-state index in [2.05, 4.69) is 46.6 Å². The average Bonchev–Trinajstić information content (AvgIpc) is 2.70. The van der Waals surface area contributed by atoms with Crippen LogP contribution in [-0.2, 0) is 16.0 Å². The lowest BCUT2D eigenvalue weighted by Crippen LogP contribution is -2.40. The van der Waals surface area contributed by atoms with Gasteiger partial charge < -0.3 is 20.1 Å². The van der Waals surface area contributed by atoms with Crippen molar-refractivity contribution in [1.82, 2.24) is 4.90 Å². The van der Waals surface area contributed by atoms with Crippen LogP contribution in [0.4, 0.5) is 5.69 Å². The highest BCUT2D eigenvalue weighted by molar-refractivity contribution is 6.30. The number of hydrogen-bond acceptors (Lipinski definition) is 4. The number of nitrogens with one attached hydrogen (secondary N) is 1. The van der Waals surface area contributed by atoms with Gasteiger partial charge in [0.2, 0.25) is 0 Å². The minimum absolute atomic E-state index is 0.216. The van der Waals surface area contributed by atoms with Crippen molar-refractivity contribution in [2.75, 3.05) is 38.2 Å². The first-order valence-electron chi connectivity index (χ1n) is 9.70. The molecule has 0 radical (unpaired) electrons. The molecule has 0 amide bonds. The highest BCUT2D eigenvalue weighted by Gasteiger charge is 2.18. The summed E-state index contributed by atoms with van der Waals surface area (Å²) < 4.78 is 5.12. The second kappa shape index (κ2) is 10.5. The second-order valence-corrected chi connectivity index (χ2v) is 7.64. The van der Waals surface area contributed by atoms with Gasteiger partial charge >= 0.3 is 5.97 Å². The normalized spacial score (nSPS) is 15.5. The topological polar surface area (TPSA) is 61.8 Å². The summed E-state index contributed by atoms with van der Waals surface area (Å²) in [5.74, 6) is -0.915. The highest BCUT2D eigenvalue weighted by atomic mass is 35.5. The molecule has 1 aliphatic rings. The number of carbonyl (C=O) groups is 1. The lowest BCUT2D eigenvalue weighted by atomic mass is 10.0. The van der Waals surface area contributed by atoms with Crippen LogP contribution < -0.4 is 5.32 Å². The Bertz CT molecular complexity index is 741. The van der Waals surface area contributed by atoms with E-state index in [9.17, 15) is 4.79 Å². The van der Waals surface area contributed by atoms with Crippen molar-refractivity contribution in [1.29, 1.82) is 0 Å². The van der Waals surface area contributed by atoms with Gasteiger partial charge in [0, 0.05) is 36.4 Å². The maximum Gasteiger partial charge on any atom is 0.329 e. The maximum absolute atomic E-state index is 10.4. The van der Waals surface area contributed by atoms with E-state index in [0.29, 0.717) is 12.6 Å². The Balaban J connectivity index is 1.39. The molecule has 2 aromatic rings. The van der Waals surface area contributed by atoms with Crippen LogP contribution in [0.25, 0.3) is 0 Å². The quantitative estimate of drug-likeness (QED) is 0.623. The van der Waals surface area contributed by atoms with Gasteiger partial charge in [-0.1, -0.05) is 35.9 Å². The van der Waals surface area contributed by atoms with Gasteiger partial charge in [-0.3, -0.25) is 0 Å². The van der Waals surface area contributed by atoms with Gasteiger partial charge in [0.05, 0.1) is 6.61 Å². The van der Waals surface area contributed by atoms with Crippen molar-refractivity contribution in [3.8, 4) is 0 Å². The van der Waals surface area contributed by atoms with E-state index in [4.69, 9.17) is 21.4 Å². The summed E-state index contributed by atoms with van der Waals surface area (Å²) in [5.41, 5.74) is 3.69. The van der Waals surface area contributed by atoms with Gasteiger partial charge in [0.25, 0.3) is 0 Å². The Hall–Kier alpha value is -2.08. The molecule has 150 valence electrons. The van der Waals surface area contributed by atoms with Crippen molar-refractivity contribution in [3.05, 3.63) is 64.7 Å². The first-order chi connectivity index (χ1) is 13.6. The van der Waals surface area contributed by atoms with E-state index in [-0.39, 0.29) is 6.61 Å². The number of likely N-dealkylation sites (tertiary alicyclic amines) is 1. The fraction of sp³-hybridized carbons (Fsp3) is 0.409. The third kappa shape index (κ3) is 6.82. The van der Waals surface area contributed by atoms with E-state index in [1.807, 2.05) is 12.1 Å². The van der Waals surface area contributed by atoms with E-state index < -0.39 is 5.97 Å². The number of halogens is 1. The van der Waals surface area contributed by atoms with E-state index in [1.165, 1.54) is 11.1 Å². The van der Waals surface area contributed by atoms with Crippen LogP contribution in [0.2, 0.25) is 5.02 Å². The molecule has 6 heteroatoms. The predicted molar refractivity (Wildman–Crippen MR) is 112 cm³/mol. The van der Waals surface area contributed by atoms with Crippen LogP contribution in [0.1, 0.15) is 24.0 Å². The molecule has 1 fully saturated rings. The number of rotatable bonds is 9. The monoisotopic (exact) mass is 402 g/mol. The van der Waals surface area contributed by atoms with Gasteiger partial charge in [0.1, 0.15) is 6.61 Å². The average molecular weight is 403 g/mol. The Morgan fingerprint density at radius 2 is 1.68 bits per heavy atom. The summed E-state index contributed by atoms with van der Waals surface area (Å²) >= 11 is 5.94. The number of benzene rings is 2. The fourth-order valence-electron chi connectivity index (χ4n) is 3.45. The van der Waals surface area contributed by atoms with Crippen LogP contribution >= 0.6 is 11.6 Å². The second-order valence-electron chi connectivity index (χ2n) is 7.21. The Kier molecular flexibility index (Phi) is 7.71. The molecule has 0 atom stereocenters. The Labute approximate surface area is 171 Å². The molecular formula is C22H27ClN2O3. The highest BCUT2D eigenvalue weighted by Crippen LogP contribution is 2.19. The van der Waals surface area contributed by atoms with Crippen molar-refractivity contribution >= 4 is 23.3 Å². The van der Waals surface area contributed by atoms with Crippen molar-refractivity contribution in [3.63, 3.8) is 0 Å². The van der Waals surface area contributed by atoms with E-state index in [1.54, 1.807) is 0 Å². The van der Waals surface area contributed by atoms with Gasteiger partial charge in [-0.15, -0.1) is 0 Å². The molecule has 28 heavy (non-hydrogen) atoms. The smallest absolute Gasteiger partial charge is 0.329 e. The zero-order valence-corrected chi connectivity index (χ0v) is 16.7. The summed E-state index contributed by atoms with van der Waals surface area (Å²) in [5, 5.41) is 13.0. The molecule has 2 N–H and O–H groups in total. The predicted octanol–water partition coefficient (Wildman–Crippen LogP) is 3.91. The fourth-order valence-corrected chi connectivity index (χ4v) is 3.57. The molecule has 0 aliphatic carbocycles. The molecule has 2 aromatic carbocycles. The van der Waals surface area contributed by atoms with E-state index in [0.717, 1.165) is 49.6 Å². The zero-order valence-electron chi connectivity index (χ0n) is 15.9. The summed E-state index contributed by atoms with van der Waals surface area (Å²) in [6.07, 6.45) is 3.05. The van der Waals surface area contributed by atoms with Gasteiger partial charge in [-0.05, 0) is 54.7 Å². The number of anilines is 1. The van der Waals surface area contributed by atoms with Crippen LogP contribution in [0.3, 0.4) is 0 Å². The third-order valence-electron chi connectivity index (χ3n) is 5.01. The molecule has 0 bridgehead atoms. The summed E-state index contributed by atoms with van der Waals surface area (Å²) in [6, 6.07) is 17.1. The largest absolute Gasteiger partial charge is 0.480 e. The molecule has 5 nitrogen and oxygen atoms in total. The molecule has 0 spiro atoms. The number of aliphatic carboxylic acids is 1. The van der Waals surface area contributed by atoms with Crippen LogP contribution in [0.5, 0.6) is 0 Å². The number of piperidine rings is 1. The van der Waals surface area contributed by atoms with Crippen LogP contribution in [-0.4, -0.2) is 54.9 Å². The Morgan fingerprint density at radius 3 is 2.29 bits per heavy atom. The van der Waals surface area contributed by atoms with Gasteiger partial charge in [-0.2, -0.15) is 0 Å². The minimum atomic E-state index is -0.915. The number of ether oxygens (including phenoxy) is 1. The van der Waals surface area contributed by atoms with Crippen molar-refractivity contribution < 1.29 is 14.6 Å². The first-order valence-corrected chi connectivity index (χ1v) is 10.1. The van der Waals surface area contributed by atoms with Gasteiger partial charge in [-0.25, -0.2) is 4.79 Å². The van der Waals surface area contributed by atoms with E-state index >= 15 is 0 Å². The first kappa shape index (κ1) is 20.6.